The van der Waals surface area contributed by atoms with Crippen LogP contribution in [0, 0.1) is 6.92 Å². The SMILES string of the molecule is CCCCOC(=O)/C(CC(=O)C=C(C)C)=N\NS(=O)(=O)c1ccc(C)cc1. The summed E-state index contributed by atoms with van der Waals surface area (Å²) in [6.45, 7) is 7.44. The molecule has 0 atom stereocenters. The van der Waals surface area contributed by atoms with Crippen molar-refractivity contribution in [2.75, 3.05) is 6.61 Å². The van der Waals surface area contributed by atoms with Gasteiger partial charge in [0.1, 0.15) is 0 Å². The monoisotopic (exact) mass is 394 g/mol. The molecule has 0 aliphatic rings. The van der Waals surface area contributed by atoms with Crippen molar-refractivity contribution in [1.29, 1.82) is 0 Å². The first-order chi connectivity index (χ1) is 12.7. The van der Waals surface area contributed by atoms with Crippen molar-refractivity contribution in [3.63, 3.8) is 0 Å². The second kappa shape index (κ2) is 10.6. The normalized spacial score (nSPS) is 11.6. The number of ketones is 1. The molecule has 0 fully saturated rings. The molecule has 148 valence electrons. The Kier molecular flexibility index (Phi) is 8.87. The zero-order valence-electron chi connectivity index (χ0n) is 16.1. The number of aryl methyl sites for hydroxylation is 1. The number of hydrogen-bond acceptors (Lipinski definition) is 6. The number of nitrogens with one attached hydrogen (secondary N) is 1. The Bertz CT molecular complexity index is 820. The largest absolute Gasteiger partial charge is 0.461 e. The van der Waals surface area contributed by atoms with Gasteiger partial charge in [-0.3, -0.25) is 4.79 Å². The number of carbonyl (C=O) groups is 2. The number of allylic oxidation sites excluding steroid dienone is 2. The number of rotatable bonds is 10. The second-order valence-corrected chi connectivity index (χ2v) is 7.98. The van der Waals surface area contributed by atoms with Crippen LogP contribution in [0.15, 0.2) is 45.9 Å². The van der Waals surface area contributed by atoms with Gasteiger partial charge in [-0.2, -0.15) is 18.4 Å². The highest BCUT2D eigenvalue weighted by Crippen LogP contribution is 2.10. The molecule has 7 nitrogen and oxygen atoms in total. The molecule has 27 heavy (non-hydrogen) atoms. The van der Waals surface area contributed by atoms with E-state index in [1.807, 2.05) is 18.7 Å². The average molecular weight is 394 g/mol. The van der Waals surface area contributed by atoms with Crippen molar-refractivity contribution < 1.29 is 22.7 Å². The number of unbranched alkanes of at least 4 members (excludes halogenated alkanes) is 1. The summed E-state index contributed by atoms with van der Waals surface area (Å²) in [5.41, 5.74) is 1.38. The maximum atomic E-state index is 12.3. The number of benzene rings is 1. The summed E-state index contributed by atoms with van der Waals surface area (Å²) in [7, 11) is -3.96. The molecule has 0 aromatic heterocycles. The molecule has 0 heterocycles. The Morgan fingerprint density at radius 3 is 2.37 bits per heavy atom. The van der Waals surface area contributed by atoms with Crippen molar-refractivity contribution in [3.05, 3.63) is 41.5 Å². The average Bonchev–Trinajstić information content (AvgIpc) is 2.58. The summed E-state index contributed by atoms with van der Waals surface area (Å²) in [6, 6.07) is 6.16. The fourth-order valence-electron chi connectivity index (χ4n) is 1.97. The predicted octanol–water partition coefficient (Wildman–Crippen LogP) is 2.90. The van der Waals surface area contributed by atoms with E-state index in [-0.39, 0.29) is 29.4 Å². The molecule has 1 aromatic carbocycles. The first-order valence-corrected chi connectivity index (χ1v) is 10.1. The summed E-state index contributed by atoms with van der Waals surface area (Å²) in [5, 5.41) is 3.67. The van der Waals surface area contributed by atoms with E-state index in [0.717, 1.165) is 17.6 Å². The molecule has 1 aromatic rings. The van der Waals surface area contributed by atoms with Gasteiger partial charge in [0, 0.05) is 0 Å². The zero-order chi connectivity index (χ0) is 20.4. The zero-order valence-corrected chi connectivity index (χ0v) is 16.9. The molecule has 0 unspecified atom stereocenters. The highest BCUT2D eigenvalue weighted by atomic mass is 32.2. The molecule has 8 heteroatoms. The molecule has 0 spiro atoms. The molecule has 0 saturated carbocycles. The number of sulfonamides is 1. The highest BCUT2D eigenvalue weighted by Gasteiger charge is 2.19. The van der Waals surface area contributed by atoms with E-state index in [4.69, 9.17) is 4.74 Å². The Morgan fingerprint density at radius 2 is 1.81 bits per heavy atom. The lowest BCUT2D eigenvalue weighted by atomic mass is 10.1. The molecule has 0 amide bonds. The maximum absolute atomic E-state index is 12.3. The van der Waals surface area contributed by atoms with E-state index >= 15 is 0 Å². The first-order valence-electron chi connectivity index (χ1n) is 8.65. The summed E-state index contributed by atoms with van der Waals surface area (Å²) in [6.07, 6.45) is 2.50. The Hall–Kier alpha value is -2.48. The van der Waals surface area contributed by atoms with E-state index < -0.39 is 16.0 Å². The van der Waals surface area contributed by atoms with Crippen molar-refractivity contribution in [2.24, 2.45) is 5.10 Å². The molecule has 0 aliphatic carbocycles. The molecule has 1 N–H and O–H groups in total. The lowest BCUT2D eigenvalue weighted by Gasteiger charge is -2.08. The molecule has 0 aliphatic heterocycles. The van der Waals surface area contributed by atoms with Gasteiger partial charge in [0.05, 0.1) is 17.9 Å². The molecular weight excluding hydrogens is 368 g/mol. The van der Waals surface area contributed by atoms with Crippen molar-refractivity contribution in [3.8, 4) is 0 Å². The van der Waals surface area contributed by atoms with Gasteiger partial charge in [-0.25, -0.2) is 4.79 Å². The fourth-order valence-corrected chi connectivity index (χ4v) is 2.80. The molecule has 0 bridgehead atoms. The summed E-state index contributed by atoms with van der Waals surface area (Å²) < 4.78 is 29.7. The van der Waals surface area contributed by atoms with Crippen molar-refractivity contribution in [2.45, 2.75) is 51.9 Å². The van der Waals surface area contributed by atoms with Crippen LogP contribution >= 0.6 is 0 Å². The maximum Gasteiger partial charge on any atom is 0.354 e. The first kappa shape index (κ1) is 22.6. The van der Waals surface area contributed by atoms with Gasteiger partial charge < -0.3 is 4.74 Å². The Labute approximate surface area is 160 Å². The van der Waals surface area contributed by atoms with Gasteiger partial charge in [0.25, 0.3) is 10.0 Å². The van der Waals surface area contributed by atoms with Crippen LogP contribution in [0.1, 0.15) is 45.6 Å². The lowest BCUT2D eigenvalue weighted by Crippen LogP contribution is -2.27. The van der Waals surface area contributed by atoms with Gasteiger partial charge >= 0.3 is 5.97 Å². The number of nitrogens with zero attached hydrogens (tertiary/aromatic N) is 1. The minimum absolute atomic E-state index is 0.00572. The van der Waals surface area contributed by atoms with E-state index in [1.54, 1.807) is 26.0 Å². The topological polar surface area (TPSA) is 102 Å². The standard InChI is InChI=1S/C19H26N2O5S/c1-5-6-11-26-19(23)18(13-16(22)12-14(2)3)20-21-27(24,25)17-9-7-15(4)8-10-17/h7-10,12,21H,5-6,11,13H2,1-4H3/b20-18-. The smallest absolute Gasteiger partial charge is 0.354 e. The van der Waals surface area contributed by atoms with Crippen molar-refractivity contribution >= 4 is 27.5 Å². The number of esters is 1. The van der Waals surface area contributed by atoms with Gasteiger partial charge in [-0.1, -0.05) is 36.6 Å². The van der Waals surface area contributed by atoms with Gasteiger partial charge in [-0.15, -0.1) is 0 Å². The quantitative estimate of drug-likeness (QED) is 0.216. The van der Waals surface area contributed by atoms with E-state index in [0.29, 0.717) is 6.42 Å². The van der Waals surface area contributed by atoms with Crippen LogP contribution in [0.5, 0.6) is 0 Å². The summed E-state index contributed by atoms with van der Waals surface area (Å²) in [4.78, 5) is 26.2. The van der Waals surface area contributed by atoms with Gasteiger partial charge in [0.15, 0.2) is 11.5 Å². The van der Waals surface area contributed by atoms with Gasteiger partial charge in [0.2, 0.25) is 0 Å². The number of ether oxygens (including phenoxy) is 1. The van der Waals surface area contributed by atoms with E-state index in [9.17, 15) is 18.0 Å². The van der Waals surface area contributed by atoms with Crippen LogP contribution in [0.4, 0.5) is 0 Å². The van der Waals surface area contributed by atoms with Crippen LogP contribution in [0.2, 0.25) is 0 Å². The van der Waals surface area contributed by atoms with E-state index in [2.05, 4.69) is 5.10 Å². The van der Waals surface area contributed by atoms with Crippen LogP contribution in [-0.2, 0) is 24.3 Å². The van der Waals surface area contributed by atoms with Crippen LogP contribution in [0.3, 0.4) is 0 Å². The fraction of sp³-hybridized carbons (Fsp3) is 0.421. The molecule has 0 radical (unpaired) electrons. The third kappa shape index (κ3) is 8.17. The minimum Gasteiger partial charge on any atom is -0.461 e. The third-order valence-electron chi connectivity index (χ3n) is 3.39. The number of hydrazone groups is 1. The molecule has 1 rings (SSSR count). The second-order valence-electron chi connectivity index (χ2n) is 6.32. The van der Waals surface area contributed by atoms with E-state index in [1.165, 1.54) is 18.2 Å². The highest BCUT2D eigenvalue weighted by molar-refractivity contribution is 7.89. The Morgan fingerprint density at radius 1 is 1.19 bits per heavy atom. The minimum atomic E-state index is -3.96. The number of hydrogen-bond donors (Lipinski definition) is 1. The predicted molar refractivity (Wildman–Crippen MR) is 104 cm³/mol. The molecular formula is C19H26N2O5S. The third-order valence-corrected chi connectivity index (χ3v) is 4.61. The summed E-state index contributed by atoms with van der Waals surface area (Å²) in [5.74, 6) is -1.18. The molecule has 0 saturated heterocycles. The summed E-state index contributed by atoms with van der Waals surface area (Å²) >= 11 is 0. The Balaban J connectivity index is 3.01. The van der Waals surface area contributed by atoms with Crippen LogP contribution in [0.25, 0.3) is 0 Å². The van der Waals surface area contributed by atoms with Crippen LogP contribution < -0.4 is 4.83 Å². The van der Waals surface area contributed by atoms with Gasteiger partial charge in [-0.05, 0) is 45.4 Å². The number of carbonyl (C=O) groups excluding carboxylic acids is 2. The van der Waals surface area contributed by atoms with Crippen molar-refractivity contribution in [1.82, 2.24) is 4.83 Å². The van der Waals surface area contributed by atoms with Crippen LogP contribution in [-0.4, -0.2) is 32.5 Å². The lowest BCUT2D eigenvalue weighted by molar-refractivity contribution is -0.136.